The Kier molecular flexibility index (Phi) is 3.50. The van der Waals surface area contributed by atoms with Crippen LogP contribution in [0.2, 0.25) is 0 Å². The van der Waals surface area contributed by atoms with E-state index in [0.29, 0.717) is 6.04 Å². The minimum atomic E-state index is 0.216. The largest absolute Gasteiger partial charge is 0.372 e. The minimum absolute atomic E-state index is 0.216. The molecule has 0 spiro atoms. The summed E-state index contributed by atoms with van der Waals surface area (Å²) in [5.74, 6) is 0.732. The lowest BCUT2D eigenvalue weighted by molar-refractivity contribution is 0.0474. The monoisotopic (exact) mass is 295 g/mol. The summed E-state index contributed by atoms with van der Waals surface area (Å²) < 4.78 is 7.19. The molecule has 0 radical (unpaired) electrons. The Morgan fingerprint density at radius 1 is 1.18 bits per heavy atom. The predicted octanol–water partition coefficient (Wildman–Crippen LogP) is 3.28. The maximum Gasteiger partial charge on any atom is 0.0949 e. The first kappa shape index (κ1) is 11.7. The molecular weight excluding hydrogens is 278 g/mol. The van der Waals surface area contributed by atoms with E-state index in [4.69, 9.17) is 4.74 Å². The summed E-state index contributed by atoms with van der Waals surface area (Å²) in [6.07, 6.45) is 4.22. The molecule has 2 fully saturated rings. The zero-order valence-corrected chi connectivity index (χ0v) is 11.4. The highest BCUT2D eigenvalue weighted by Gasteiger charge is 2.31. The van der Waals surface area contributed by atoms with Crippen molar-refractivity contribution in [3.8, 4) is 0 Å². The average Bonchev–Trinajstić information content (AvgIpc) is 2.70. The Balaban J connectivity index is 1.70. The minimum Gasteiger partial charge on any atom is -0.372 e. The molecule has 1 saturated carbocycles. The van der Waals surface area contributed by atoms with Crippen molar-refractivity contribution in [3.05, 3.63) is 34.3 Å². The molecule has 0 bridgehead atoms. The third kappa shape index (κ3) is 2.56. The Morgan fingerprint density at radius 3 is 2.82 bits per heavy atom. The summed E-state index contributed by atoms with van der Waals surface area (Å²) in [6, 6.07) is 9.17. The van der Waals surface area contributed by atoms with Crippen LogP contribution in [0.25, 0.3) is 0 Å². The molecule has 2 aliphatic rings. The number of benzene rings is 1. The summed E-state index contributed by atoms with van der Waals surface area (Å²) >= 11 is 3.47. The van der Waals surface area contributed by atoms with Gasteiger partial charge < -0.3 is 10.1 Å². The van der Waals surface area contributed by atoms with Crippen LogP contribution in [0.4, 0.5) is 0 Å². The van der Waals surface area contributed by atoms with Crippen molar-refractivity contribution in [1.29, 1.82) is 0 Å². The maximum absolute atomic E-state index is 6.06. The van der Waals surface area contributed by atoms with Crippen molar-refractivity contribution < 1.29 is 4.74 Å². The molecule has 0 amide bonds. The van der Waals surface area contributed by atoms with E-state index in [1.807, 2.05) is 0 Å². The number of fused-ring (bicyclic) bond motifs is 1. The Labute approximate surface area is 111 Å². The lowest BCUT2D eigenvalue weighted by Gasteiger charge is -2.16. The van der Waals surface area contributed by atoms with Crippen LogP contribution in [-0.2, 0) is 4.74 Å². The zero-order chi connectivity index (χ0) is 11.7. The number of rotatable bonds is 1. The SMILES string of the molecule is Brc1ccc(C2CNC3CCCC3CO2)cc1. The fourth-order valence-corrected chi connectivity index (χ4v) is 3.22. The van der Waals surface area contributed by atoms with Gasteiger partial charge in [0.1, 0.15) is 0 Å². The first-order valence-corrected chi connectivity index (χ1v) is 7.22. The number of ether oxygens (including phenoxy) is 1. The van der Waals surface area contributed by atoms with Crippen LogP contribution in [0, 0.1) is 5.92 Å². The van der Waals surface area contributed by atoms with Gasteiger partial charge in [-0.25, -0.2) is 0 Å². The standard InChI is InChI=1S/C14H18BrNO/c15-12-6-4-10(5-7-12)14-8-16-13-3-1-2-11(13)9-17-14/h4-7,11,13-14,16H,1-3,8-9H2. The summed E-state index contributed by atoms with van der Waals surface area (Å²) in [7, 11) is 0. The molecule has 1 saturated heterocycles. The Bertz CT molecular complexity index is 364. The average molecular weight is 296 g/mol. The second kappa shape index (κ2) is 5.09. The van der Waals surface area contributed by atoms with E-state index in [-0.39, 0.29) is 6.10 Å². The van der Waals surface area contributed by atoms with Crippen molar-refractivity contribution in [2.45, 2.75) is 31.4 Å². The smallest absolute Gasteiger partial charge is 0.0949 e. The summed E-state index contributed by atoms with van der Waals surface area (Å²) in [5, 5.41) is 3.67. The number of halogens is 1. The second-order valence-corrected chi connectivity index (χ2v) is 5.99. The molecule has 1 N–H and O–H groups in total. The quantitative estimate of drug-likeness (QED) is 0.858. The van der Waals surface area contributed by atoms with Gasteiger partial charge in [-0.15, -0.1) is 0 Å². The topological polar surface area (TPSA) is 21.3 Å². The van der Waals surface area contributed by atoms with E-state index in [2.05, 4.69) is 45.5 Å². The molecule has 3 heteroatoms. The molecular formula is C14H18BrNO. The number of nitrogens with one attached hydrogen (secondary N) is 1. The first-order valence-electron chi connectivity index (χ1n) is 6.43. The van der Waals surface area contributed by atoms with Gasteiger partial charge in [-0.3, -0.25) is 0 Å². The van der Waals surface area contributed by atoms with Crippen LogP contribution in [0.1, 0.15) is 30.9 Å². The molecule has 3 atom stereocenters. The molecule has 17 heavy (non-hydrogen) atoms. The molecule has 1 aliphatic carbocycles. The van der Waals surface area contributed by atoms with Gasteiger partial charge in [-0.05, 0) is 36.5 Å². The molecule has 3 rings (SSSR count). The van der Waals surface area contributed by atoms with Gasteiger partial charge in [0, 0.05) is 17.1 Å². The van der Waals surface area contributed by atoms with Gasteiger partial charge in [-0.2, -0.15) is 0 Å². The second-order valence-electron chi connectivity index (χ2n) is 5.08. The van der Waals surface area contributed by atoms with Gasteiger partial charge in [0.15, 0.2) is 0 Å². The molecule has 1 aromatic rings. The van der Waals surface area contributed by atoms with Gasteiger partial charge >= 0.3 is 0 Å². The summed E-state index contributed by atoms with van der Waals surface area (Å²) in [6.45, 7) is 1.86. The highest BCUT2D eigenvalue weighted by molar-refractivity contribution is 9.10. The van der Waals surface area contributed by atoms with Crippen LogP contribution in [0.3, 0.4) is 0 Å². The summed E-state index contributed by atoms with van der Waals surface area (Å²) in [4.78, 5) is 0. The molecule has 2 nitrogen and oxygen atoms in total. The van der Waals surface area contributed by atoms with Crippen molar-refractivity contribution in [2.24, 2.45) is 5.92 Å². The third-order valence-corrected chi connectivity index (χ3v) is 4.51. The van der Waals surface area contributed by atoms with Gasteiger partial charge in [0.25, 0.3) is 0 Å². The van der Waals surface area contributed by atoms with Crippen LogP contribution >= 0.6 is 15.9 Å². The third-order valence-electron chi connectivity index (χ3n) is 3.98. The molecule has 3 unspecified atom stereocenters. The van der Waals surface area contributed by atoms with E-state index in [9.17, 15) is 0 Å². The highest BCUT2D eigenvalue weighted by atomic mass is 79.9. The van der Waals surface area contributed by atoms with Crippen LogP contribution < -0.4 is 5.32 Å². The van der Waals surface area contributed by atoms with Gasteiger partial charge in [0.2, 0.25) is 0 Å². The van der Waals surface area contributed by atoms with Crippen molar-refractivity contribution >= 4 is 15.9 Å². The Hall–Kier alpha value is -0.380. The molecule has 0 aromatic heterocycles. The van der Waals surface area contributed by atoms with E-state index in [0.717, 1.165) is 23.5 Å². The van der Waals surface area contributed by atoms with Crippen LogP contribution in [0.15, 0.2) is 28.7 Å². The van der Waals surface area contributed by atoms with Crippen LogP contribution in [-0.4, -0.2) is 19.2 Å². The first-order chi connectivity index (χ1) is 8.33. The van der Waals surface area contributed by atoms with E-state index >= 15 is 0 Å². The Morgan fingerprint density at radius 2 is 2.00 bits per heavy atom. The lowest BCUT2D eigenvalue weighted by atomic mass is 10.1. The van der Waals surface area contributed by atoms with Crippen molar-refractivity contribution in [2.75, 3.05) is 13.2 Å². The maximum atomic E-state index is 6.06. The van der Waals surface area contributed by atoms with Gasteiger partial charge in [0.05, 0.1) is 12.7 Å². The molecule has 1 aliphatic heterocycles. The van der Waals surface area contributed by atoms with Gasteiger partial charge in [-0.1, -0.05) is 34.5 Å². The number of hydrogen-bond donors (Lipinski definition) is 1. The van der Waals surface area contributed by atoms with Crippen molar-refractivity contribution in [1.82, 2.24) is 5.32 Å². The van der Waals surface area contributed by atoms with Crippen LogP contribution in [0.5, 0.6) is 0 Å². The van der Waals surface area contributed by atoms with E-state index in [1.54, 1.807) is 0 Å². The fourth-order valence-electron chi connectivity index (χ4n) is 2.95. The molecule has 1 heterocycles. The van der Waals surface area contributed by atoms with E-state index < -0.39 is 0 Å². The van der Waals surface area contributed by atoms with Crippen molar-refractivity contribution in [3.63, 3.8) is 0 Å². The normalized spacial score (nSPS) is 33.1. The molecule has 92 valence electrons. The number of hydrogen-bond acceptors (Lipinski definition) is 2. The fraction of sp³-hybridized carbons (Fsp3) is 0.571. The summed E-state index contributed by atoms with van der Waals surface area (Å²) in [5.41, 5.74) is 1.28. The zero-order valence-electron chi connectivity index (χ0n) is 9.86. The highest BCUT2D eigenvalue weighted by Crippen LogP contribution is 2.31. The lowest BCUT2D eigenvalue weighted by Crippen LogP contribution is -2.32. The molecule has 1 aromatic carbocycles. The predicted molar refractivity (Wildman–Crippen MR) is 72.0 cm³/mol. The van der Waals surface area contributed by atoms with E-state index in [1.165, 1.54) is 24.8 Å².